The third-order valence-electron chi connectivity index (χ3n) is 2.65. The summed E-state index contributed by atoms with van der Waals surface area (Å²) in [4.78, 5) is 0. The Kier molecular flexibility index (Phi) is 9.26. The van der Waals surface area contributed by atoms with Gasteiger partial charge in [-0.15, -0.1) is 0 Å². The third kappa shape index (κ3) is 5.81. The Balaban J connectivity index is 0.00000361. The van der Waals surface area contributed by atoms with Crippen molar-refractivity contribution in [3.8, 4) is 0 Å². The first-order valence-corrected chi connectivity index (χ1v) is 7.18. The molecule has 0 saturated carbocycles. The van der Waals surface area contributed by atoms with Gasteiger partial charge in [0.15, 0.2) is 16.6 Å². The fraction of sp³-hybridized carbons (Fsp3) is 1.00. The van der Waals surface area contributed by atoms with Gasteiger partial charge < -0.3 is 29.3 Å². The fourth-order valence-electron chi connectivity index (χ4n) is 1.75. The van der Waals surface area contributed by atoms with Crippen LogP contribution < -0.4 is 34.3 Å². The summed E-state index contributed by atoms with van der Waals surface area (Å²) in [6, 6.07) is -1.44. The van der Waals surface area contributed by atoms with Crippen molar-refractivity contribution in [1.82, 2.24) is 4.72 Å². The summed E-state index contributed by atoms with van der Waals surface area (Å²) in [7, 11) is -4.86. The van der Waals surface area contributed by atoms with E-state index in [2.05, 4.69) is 0 Å². The van der Waals surface area contributed by atoms with E-state index in [-0.39, 0.29) is 36.2 Å². The van der Waals surface area contributed by atoms with E-state index in [1.807, 2.05) is 0 Å². The Bertz CT molecular complexity index is 380. The SMILES string of the molecule is CCCO[C@H]1O[C@H](CO)[C@@H](O)[C@H](O)[C@H]1NS(=O)(=O)[O-].[Na+]. The molecule has 0 aromatic rings. The molecule has 0 radical (unpaired) electrons. The standard InChI is InChI=1S/C9H19NO8S.Na/c1-2-3-17-9-6(10-19(14,15)16)8(13)7(12)5(4-11)18-9;/h5-13H,2-4H2,1H3,(H,14,15,16);/q;+1/p-1/t5-,6-,7-,8-,9+;/m1./s1. The van der Waals surface area contributed by atoms with E-state index in [1.165, 1.54) is 0 Å². The van der Waals surface area contributed by atoms with Crippen LogP contribution in [-0.2, 0) is 19.8 Å². The van der Waals surface area contributed by atoms with Crippen molar-refractivity contribution in [2.45, 2.75) is 44.0 Å². The van der Waals surface area contributed by atoms with Crippen LogP contribution in [0.25, 0.3) is 0 Å². The second-order valence-electron chi connectivity index (χ2n) is 4.18. The minimum atomic E-state index is -4.86. The molecule has 0 aliphatic carbocycles. The number of ether oxygens (including phenoxy) is 2. The zero-order chi connectivity index (χ0) is 14.6. The summed E-state index contributed by atoms with van der Waals surface area (Å²) in [5.41, 5.74) is 0. The van der Waals surface area contributed by atoms with Crippen molar-refractivity contribution in [3.05, 3.63) is 0 Å². The largest absolute Gasteiger partial charge is 1.00 e. The van der Waals surface area contributed by atoms with Gasteiger partial charge in [0.1, 0.15) is 24.4 Å². The zero-order valence-electron chi connectivity index (χ0n) is 11.3. The summed E-state index contributed by atoms with van der Waals surface area (Å²) in [6.07, 6.45) is -4.95. The maximum Gasteiger partial charge on any atom is 1.00 e. The fourth-order valence-corrected chi connectivity index (χ4v) is 2.33. The number of hydrogen-bond donors (Lipinski definition) is 4. The van der Waals surface area contributed by atoms with Crippen LogP contribution in [0.4, 0.5) is 0 Å². The average molecular weight is 323 g/mol. The number of rotatable bonds is 6. The van der Waals surface area contributed by atoms with Gasteiger partial charge in [0.05, 0.1) is 6.61 Å². The summed E-state index contributed by atoms with van der Waals surface area (Å²) in [5, 5.41) is 28.4. The van der Waals surface area contributed by atoms with E-state index in [0.717, 1.165) is 0 Å². The molecule has 4 N–H and O–H groups in total. The van der Waals surface area contributed by atoms with Crippen LogP contribution in [0.3, 0.4) is 0 Å². The van der Waals surface area contributed by atoms with E-state index in [9.17, 15) is 23.2 Å². The average Bonchev–Trinajstić information content (AvgIpc) is 2.33. The number of aliphatic hydroxyl groups is 3. The third-order valence-corrected chi connectivity index (χ3v) is 3.21. The zero-order valence-corrected chi connectivity index (χ0v) is 14.1. The molecule has 1 aliphatic rings. The van der Waals surface area contributed by atoms with Crippen molar-refractivity contribution in [2.24, 2.45) is 0 Å². The number of aliphatic hydroxyl groups excluding tert-OH is 3. The Morgan fingerprint density at radius 2 is 1.95 bits per heavy atom. The summed E-state index contributed by atoms with van der Waals surface area (Å²) < 4.78 is 44.0. The van der Waals surface area contributed by atoms with Crippen molar-refractivity contribution in [1.29, 1.82) is 0 Å². The summed E-state index contributed by atoms with van der Waals surface area (Å²) in [5.74, 6) is 0. The maximum atomic E-state index is 10.7. The van der Waals surface area contributed by atoms with Gasteiger partial charge in [-0.2, -0.15) is 0 Å². The van der Waals surface area contributed by atoms with E-state index < -0.39 is 47.6 Å². The minimum absolute atomic E-state index is 0. The smallest absolute Gasteiger partial charge is 0.735 e. The van der Waals surface area contributed by atoms with Crippen LogP contribution in [-0.4, -0.2) is 72.1 Å². The normalized spacial score (nSPS) is 34.5. The van der Waals surface area contributed by atoms with Gasteiger partial charge in [0, 0.05) is 6.61 Å². The number of hydrogen-bond acceptors (Lipinski definition) is 8. The van der Waals surface area contributed by atoms with E-state index in [4.69, 9.17) is 14.6 Å². The summed E-state index contributed by atoms with van der Waals surface area (Å²) >= 11 is 0. The van der Waals surface area contributed by atoms with Crippen LogP contribution in [0.1, 0.15) is 13.3 Å². The predicted octanol–water partition coefficient (Wildman–Crippen LogP) is -5.73. The van der Waals surface area contributed by atoms with E-state index >= 15 is 0 Å². The second kappa shape index (κ2) is 8.96. The minimum Gasteiger partial charge on any atom is -0.735 e. The Morgan fingerprint density at radius 3 is 2.40 bits per heavy atom. The first-order valence-electron chi connectivity index (χ1n) is 5.77. The second-order valence-corrected chi connectivity index (χ2v) is 5.32. The molecule has 0 bridgehead atoms. The first-order chi connectivity index (χ1) is 8.80. The van der Waals surface area contributed by atoms with Gasteiger partial charge in [0.25, 0.3) is 0 Å². The molecule has 0 spiro atoms. The Morgan fingerprint density at radius 1 is 1.35 bits per heavy atom. The molecule has 1 rings (SSSR count). The Hall–Kier alpha value is 0.670. The first kappa shape index (κ1) is 20.7. The van der Waals surface area contributed by atoms with Crippen molar-refractivity contribution < 1.29 is 67.3 Å². The van der Waals surface area contributed by atoms with Gasteiger partial charge in [0.2, 0.25) is 0 Å². The van der Waals surface area contributed by atoms with Crippen LogP contribution >= 0.6 is 0 Å². The van der Waals surface area contributed by atoms with Crippen LogP contribution in [0.15, 0.2) is 0 Å². The summed E-state index contributed by atoms with van der Waals surface area (Å²) in [6.45, 7) is 1.41. The van der Waals surface area contributed by atoms with Gasteiger partial charge in [-0.1, -0.05) is 6.92 Å². The molecule has 0 aromatic carbocycles. The maximum absolute atomic E-state index is 10.7. The molecule has 11 heteroatoms. The molecule has 0 amide bonds. The molecule has 9 nitrogen and oxygen atoms in total. The van der Waals surface area contributed by atoms with Crippen LogP contribution in [0.2, 0.25) is 0 Å². The molecule has 1 heterocycles. The van der Waals surface area contributed by atoms with Crippen LogP contribution in [0, 0.1) is 0 Å². The molecular formula is C9H18NNaO8S. The van der Waals surface area contributed by atoms with E-state index in [0.29, 0.717) is 6.42 Å². The van der Waals surface area contributed by atoms with Gasteiger partial charge in [-0.05, 0) is 6.42 Å². The predicted molar refractivity (Wildman–Crippen MR) is 60.6 cm³/mol. The van der Waals surface area contributed by atoms with E-state index in [1.54, 1.807) is 11.6 Å². The molecule has 5 atom stereocenters. The van der Waals surface area contributed by atoms with Crippen LogP contribution in [0.5, 0.6) is 0 Å². The molecule has 114 valence electrons. The molecular weight excluding hydrogens is 305 g/mol. The molecule has 1 fully saturated rings. The quantitative estimate of drug-likeness (QED) is 0.279. The Labute approximate surface area is 139 Å². The molecule has 0 aromatic heterocycles. The van der Waals surface area contributed by atoms with Gasteiger partial charge in [-0.3, -0.25) is 0 Å². The van der Waals surface area contributed by atoms with Crippen molar-refractivity contribution in [3.63, 3.8) is 0 Å². The van der Waals surface area contributed by atoms with Gasteiger partial charge >= 0.3 is 29.6 Å². The molecule has 20 heavy (non-hydrogen) atoms. The molecule has 1 saturated heterocycles. The van der Waals surface area contributed by atoms with Crippen molar-refractivity contribution in [2.75, 3.05) is 13.2 Å². The monoisotopic (exact) mass is 323 g/mol. The molecule has 0 unspecified atom stereocenters. The van der Waals surface area contributed by atoms with Crippen molar-refractivity contribution >= 4 is 10.3 Å². The molecule has 1 aliphatic heterocycles. The van der Waals surface area contributed by atoms with Gasteiger partial charge in [-0.25, -0.2) is 13.1 Å². The topological polar surface area (TPSA) is 148 Å². The number of nitrogens with one attached hydrogen (secondary N) is 1.